The van der Waals surface area contributed by atoms with Crippen LogP contribution in [0.2, 0.25) is 0 Å². The van der Waals surface area contributed by atoms with Crippen LogP contribution in [0.3, 0.4) is 0 Å². The predicted octanol–water partition coefficient (Wildman–Crippen LogP) is 4.73. The molecule has 84 valence electrons. The molecule has 0 aromatic rings. The van der Waals surface area contributed by atoms with Gasteiger partial charge in [-0.1, -0.05) is 44.1 Å². The highest BCUT2D eigenvalue weighted by molar-refractivity contribution is 5.23. The van der Waals surface area contributed by atoms with E-state index in [1.165, 1.54) is 25.7 Å². The molecule has 2 rings (SSSR count). The molecule has 1 saturated carbocycles. The van der Waals surface area contributed by atoms with E-state index in [-0.39, 0.29) is 0 Å². The van der Waals surface area contributed by atoms with Crippen molar-refractivity contribution >= 4 is 0 Å². The van der Waals surface area contributed by atoms with Gasteiger partial charge in [0.2, 0.25) is 0 Å². The summed E-state index contributed by atoms with van der Waals surface area (Å²) in [5.41, 5.74) is 3.73. The quantitative estimate of drug-likeness (QED) is 0.501. The first kappa shape index (κ1) is 11.0. The number of allylic oxidation sites excluding steroid dienone is 4. The van der Waals surface area contributed by atoms with Crippen molar-refractivity contribution in [1.29, 1.82) is 0 Å². The fourth-order valence-electron chi connectivity index (χ4n) is 3.09. The number of fused-ring (bicyclic) bond motifs is 1. The second kappa shape index (κ2) is 3.81. The van der Waals surface area contributed by atoms with Crippen molar-refractivity contribution in [2.45, 2.75) is 53.4 Å². The largest absolute Gasteiger partial charge is 0.0847 e. The maximum Gasteiger partial charge on any atom is -0.0137 e. The van der Waals surface area contributed by atoms with Crippen molar-refractivity contribution in [3.05, 3.63) is 23.3 Å². The van der Waals surface area contributed by atoms with Crippen LogP contribution < -0.4 is 0 Å². The van der Waals surface area contributed by atoms with Gasteiger partial charge in [-0.05, 0) is 49.9 Å². The van der Waals surface area contributed by atoms with Crippen molar-refractivity contribution in [2.24, 2.45) is 17.3 Å². The molecule has 1 fully saturated rings. The lowest BCUT2D eigenvalue weighted by atomic mass is 9.79. The van der Waals surface area contributed by atoms with E-state index in [2.05, 4.69) is 39.8 Å². The Morgan fingerprint density at radius 1 is 1.27 bits per heavy atom. The highest BCUT2D eigenvalue weighted by Crippen LogP contribution is 2.44. The lowest BCUT2D eigenvalue weighted by molar-refractivity contribution is 0.462. The summed E-state index contributed by atoms with van der Waals surface area (Å²) in [6.07, 6.45) is 10.4. The summed E-state index contributed by atoms with van der Waals surface area (Å²) < 4.78 is 0. The Morgan fingerprint density at radius 3 is 2.73 bits per heavy atom. The molecule has 0 bridgehead atoms. The summed E-state index contributed by atoms with van der Waals surface area (Å²) in [4.78, 5) is 0. The first-order valence-corrected chi connectivity index (χ1v) is 6.36. The van der Waals surface area contributed by atoms with Gasteiger partial charge in [-0.3, -0.25) is 0 Å². The average molecular weight is 204 g/mol. The number of hydrogen-bond acceptors (Lipinski definition) is 0. The standard InChI is InChI=1S/C15H24/c1-11-7-8-15(3,4)10-14-12(2)5-6-13(14)9-11/h7,10,12-13H,5-6,8-9H2,1-4H3/b11-7-,14-10-/t12-,13-/m1/s1. The maximum atomic E-state index is 2.58. The van der Waals surface area contributed by atoms with Crippen LogP contribution in [-0.2, 0) is 0 Å². The van der Waals surface area contributed by atoms with Gasteiger partial charge in [-0.25, -0.2) is 0 Å². The Hall–Kier alpha value is -0.520. The lowest BCUT2D eigenvalue weighted by Crippen LogP contribution is -2.13. The third kappa shape index (κ3) is 2.35. The van der Waals surface area contributed by atoms with Gasteiger partial charge < -0.3 is 0 Å². The van der Waals surface area contributed by atoms with Crippen LogP contribution in [-0.4, -0.2) is 0 Å². The Kier molecular flexibility index (Phi) is 2.79. The molecular weight excluding hydrogens is 180 g/mol. The summed E-state index contributed by atoms with van der Waals surface area (Å²) in [7, 11) is 0. The Labute approximate surface area is 94.5 Å². The first-order chi connectivity index (χ1) is 6.98. The predicted molar refractivity (Wildman–Crippen MR) is 66.7 cm³/mol. The van der Waals surface area contributed by atoms with Crippen molar-refractivity contribution < 1.29 is 0 Å². The molecule has 0 aromatic heterocycles. The third-order valence-electron chi connectivity index (χ3n) is 4.09. The highest BCUT2D eigenvalue weighted by Gasteiger charge is 2.30. The van der Waals surface area contributed by atoms with Crippen LogP contribution in [0.1, 0.15) is 53.4 Å². The molecule has 0 heterocycles. The zero-order valence-corrected chi connectivity index (χ0v) is 10.6. The van der Waals surface area contributed by atoms with E-state index >= 15 is 0 Å². The van der Waals surface area contributed by atoms with Gasteiger partial charge >= 0.3 is 0 Å². The maximum absolute atomic E-state index is 2.58. The number of hydrogen-bond donors (Lipinski definition) is 0. The van der Waals surface area contributed by atoms with Crippen molar-refractivity contribution in [3.8, 4) is 0 Å². The molecule has 2 aliphatic rings. The zero-order valence-electron chi connectivity index (χ0n) is 10.6. The van der Waals surface area contributed by atoms with Gasteiger partial charge in [0.1, 0.15) is 0 Å². The van der Waals surface area contributed by atoms with Gasteiger partial charge in [-0.2, -0.15) is 0 Å². The minimum Gasteiger partial charge on any atom is -0.0847 e. The van der Waals surface area contributed by atoms with Crippen LogP contribution in [0.4, 0.5) is 0 Å². The normalized spacial score (nSPS) is 41.9. The summed E-state index contributed by atoms with van der Waals surface area (Å²) in [6.45, 7) is 9.46. The van der Waals surface area contributed by atoms with E-state index in [1.807, 2.05) is 0 Å². The molecule has 0 aliphatic heterocycles. The number of rotatable bonds is 0. The fraction of sp³-hybridized carbons (Fsp3) is 0.733. The molecule has 0 heteroatoms. The van der Waals surface area contributed by atoms with E-state index in [0.717, 1.165) is 11.8 Å². The Morgan fingerprint density at radius 2 is 2.00 bits per heavy atom. The molecule has 0 spiro atoms. The van der Waals surface area contributed by atoms with Gasteiger partial charge in [-0.15, -0.1) is 0 Å². The topological polar surface area (TPSA) is 0 Å². The van der Waals surface area contributed by atoms with Gasteiger partial charge in [0.25, 0.3) is 0 Å². The highest BCUT2D eigenvalue weighted by atomic mass is 14.4. The van der Waals surface area contributed by atoms with Crippen LogP contribution >= 0.6 is 0 Å². The zero-order chi connectivity index (χ0) is 11.1. The minimum atomic E-state index is 0.369. The summed E-state index contributed by atoms with van der Waals surface area (Å²) in [5.74, 6) is 1.69. The smallest absolute Gasteiger partial charge is 0.0137 e. The molecule has 0 nitrogen and oxygen atoms in total. The van der Waals surface area contributed by atoms with E-state index < -0.39 is 0 Å². The summed E-state index contributed by atoms with van der Waals surface area (Å²) in [6, 6.07) is 0. The minimum absolute atomic E-state index is 0.369. The second-order valence-electron chi connectivity index (χ2n) is 6.27. The van der Waals surface area contributed by atoms with E-state index in [9.17, 15) is 0 Å². The Balaban J connectivity index is 2.32. The van der Waals surface area contributed by atoms with E-state index in [1.54, 1.807) is 11.1 Å². The van der Waals surface area contributed by atoms with E-state index in [4.69, 9.17) is 0 Å². The molecular formula is C15H24. The summed E-state index contributed by atoms with van der Waals surface area (Å²) in [5, 5.41) is 0. The first-order valence-electron chi connectivity index (χ1n) is 6.36. The lowest BCUT2D eigenvalue weighted by Gasteiger charge is -2.27. The van der Waals surface area contributed by atoms with Crippen LogP contribution in [0.15, 0.2) is 23.3 Å². The molecule has 2 aliphatic carbocycles. The monoisotopic (exact) mass is 204 g/mol. The molecule has 0 saturated heterocycles. The SMILES string of the molecule is C/C1=C/CC(C)(C)/C=C2\[C@H](CC[C@H]2C)C1. The van der Waals surface area contributed by atoms with Gasteiger partial charge in [0.15, 0.2) is 0 Å². The van der Waals surface area contributed by atoms with Crippen molar-refractivity contribution in [3.63, 3.8) is 0 Å². The van der Waals surface area contributed by atoms with Gasteiger partial charge in [0, 0.05) is 0 Å². The molecule has 0 N–H and O–H groups in total. The van der Waals surface area contributed by atoms with Crippen LogP contribution in [0, 0.1) is 17.3 Å². The molecule has 0 aromatic carbocycles. The van der Waals surface area contributed by atoms with Crippen molar-refractivity contribution in [1.82, 2.24) is 0 Å². The van der Waals surface area contributed by atoms with Crippen molar-refractivity contribution in [2.75, 3.05) is 0 Å². The molecule has 0 unspecified atom stereocenters. The average Bonchev–Trinajstić information content (AvgIpc) is 2.44. The Bertz CT molecular complexity index is 304. The summed E-state index contributed by atoms with van der Waals surface area (Å²) >= 11 is 0. The molecule has 0 amide bonds. The van der Waals surface area contributed by atoms with Crippen LogP contribution in [0.5, 0.6) is 0 Å². The van der Waals surface area contributed by atoms with Crippen LogP contribution in [0.25, 0.3) is 0 Å². The van der Waals surface area contributed by atoms with Gasteiger partial charge in [0.05, 0.1) is 0 Å². The molecule has 15 heavy (non-hydrogen) atoms. The molecule has 2 atom stereocenters. The molecule has 0 radical (unpaired) electrons. The fourth-order valence-corrected chi connectivity index (χ4v) is 3.09. The third-order valence-corrected chi connectivity index (χ3v) is 4.09. The van der Waals surface area contributed by atoms with E-state index in [0.29, 0.717) is 5.41 Å². The second-order valence-corrected chi connectivity index (χ2v) is 6.27.